The molecule has 3 N–H and O–H groups in total. The quantitative estimate of drug-likeness (QED) is 0.622. The average molecular weight is 283 g/mol. The molecule has 0 aliphatic heterocycles. The summed E-state index contributed by atoms with van der Waals surface area (Å²) in [6.07, 6.45) is -0.0930. The van der Waals surface area contributed by atoms with E-state index < -0.39 is 6.10 Å². The lowest BCUT2D eigenvalue weighted by molar-refractivity contribution is 0.116. The number of rotatable bonds is 9. The van der Waals surface area contributed by atoms with E-state index in [1.807, 2.05) is 30.0 Å². The van der Waals surface area contributed by atoms with Crippen molar-refractivity contribution < 1.29 is 20.1 Å². The Morgan fingerprint density at radius 2 is 1.80 bits per heavy atom. The van der Waals surface area contributed by atoms with Crippen LogP contribution in [0, 0.1) is 6.92 Å². The molecule has 0 aliphatic carbocycles. The van der Waals surface area contributed by atoms with Gasteiger partial charge in [-0.2, -0.15) is 0 Å². The zero-order chi connectivity index (χ0) is 15.0. The van der Waals surface area contributed by atoms with Gasteiger partial charge in [0.05, 0.1) is 26.4 Å². The van der Waals surface area contributed by atoms with E-state index in [1.54, 1.807) is 7.11 Å². The van der Waals surface area contributed by atoms with E-state index in [1.165, 1.54) is 0 Å². The molecule has 1 aromatic rings. The van der Waals surface area contributed by atoms with Gasteiger partial charge in [-0.15, -0.1) is 0 Å². The van der Waals surface area contributed by atoms with Crippen molar-refractivity contribution in [3.63, 3.8) is 0 Å². The van der Waals surface area contributed by atoms with Crippen LogP contribution in [-0.2, 0) is 0 Å². The van der Waals surface area contributed by atoms with Crippen molar-refractivity contribution in [3.8, 4) is 5.75 Å². The number of benzene rings is 1. The molecule has 0 fully saturated rings. The van der Waals surface area contributed by atoms with Crippen LogP contribution in [0.3, 0.4) is 0 Å². The number of aliphatic hydroxyl groups is 3. The van der Waals surface area contributed by atoms with Crippen LogP contribution < -0.4 is 4.74 Å². The van der Waals surface area contributed by atoms with Crippen LogP contribution in [0.4, 0.5) is 0 Å². The first-order valence-corrected chi connectivity index (χ1v) is 6.89. The average Bonchev–Trinajstić information content (AvgIpc) is 2.45. The van der Waals surface area contributed by atoms with Gasteiger partial charge in [0.2, 0.25) is 0 Å². The number of ether oxygens (including phenoxy) is 1. The molecule has 0 heterocycles. The van der Waals surface area contributed by atoms with Crippen LogP contribution in [0.5, 0.6) is 5.75 Å². The van der Waals surface area contributed by atoms with Crippen LogP contribution in [-0.4, -0.2) is 60.2 Å². The summed E-state index contributed by atoms with van der Waals surface area (Å²) >= 11 is 0. The zero-order valence-electron chi connectivity index (χ0n) is 12.2. The van der Waals surface area contributed by atoms with Gasteiger partial charge in [0.1, 0.15) is 5.75 Å². The molecule has 1 atom stereocenters. The van der Waals surface area contributed by atoms with Crippen molar-refractivity contribution in [3.05, 3.63) is 29.3 Å². The van der Waals surface area contributed by atoms with Crippen molar-refractivity contribution in [1.29, 1.82) is 0 Å². The molecular weight excluding hydrogens is 258 g/mol. The lowest BCUT2D eigenvalue weighted by Gasteiger charge is -2.22. The highest BCUT2D eigenvalue weighted by atomic mass is 16.5. The molecular formula is C15H25NO4. The molecule has 5 heteroatoms. The fourth-order valence-corrected chi connectivity index (χ4v) is 2.19. The third kappa shape index (κ3) is 5.09. The third-order valence-electron chi connectivity index (χ3n) is 3.30. The van der Waals surface area contributed by atoms with Crippen LogP contribution in [0.1, 0.15) is 23.7 Å². The van der Waals surface area contributed by atoms with E-state index in [2.05, 4.69) is 0 Å². The number of nitrogens with zero attached hydrogens (tertiary/aromatic N) is 1. The Morgan fingerprint density at radius 3 is 2.35 bits per heavy atom. The van der Waals surface area contributed by atoms with Crippen LogP contribution in [0.2, 0.25) is 0 Å². The van der Waals surface area contributed by atoms with Gasteiger partial charge in [0.15, 0.2) is 0 Å². The fraction of sp³-hybridized carbons (Fsp3) is 0.600. The Kier molecular flexibility index (Phi) is 7.54. The normalized spacial score (nSPS) is 12.7. The second kappa shape index (κ2) is 8.92. The molecule has 0 aromatic heterocycles. The maximum atomic E-state index is 10.3. The third-order valence-corrected chi connectivity index (χ3v) is 3.30. The van der Waals surface area contributed by atoms with Crippen LogP contribution >= 0.6 is 0 Å². The molecule has 1 rings (SSSR count). The Hall–Kier alpha value is -1.14. The van der Waals surface area contributed by atoms with Crippen LogP contribution in [0.25, 0.3) is 0 Å². The minimum absolute atomic E-state index is 0.0455. The fourth-order valence-electron chi connectivity index (χ4n) is 2.19. The Labute approximate surface area is 120 Å². The minimum Gasteiger partial charge on any atom is -0.496 e. The zero-order valence-corrected chi connectivity index (χ0v) is 12.2. The lowest BCUT2D eigenvalue weighted by Crippen LogP contribution is -2.31. The van der Waals surface area contributed by atoms with Gasteiger partial charge >= 0.3 is 0 Å². The van der Waals surface area contributed by atoms with Crippen molar-refractivity contribution >= 4 is 0 Å². The highest BCUT2D eigenvalue weighted by Gasteiger charge is 2.15. The SMILES string of the molecule is COc1ccc(C)cc1C(O)CCN(CCO)CCO. The van der Waals surface area contributed by atoms with Gasteiger partial charge in [-0.25, -0.2) is 0 Å². The summed E-state index contributed by atoms with van der Waals surface area (Å²) in [6.45, 7) is 3.67. The van der Waals surface area contributed by atoms with E-state index >= 15 is 0 Å². The van der Waals surface area contributed by atoms with Crippen molar-refractivity contribution in [2.75, 3.05) is 40.0 Å². The monoisotopic (exact) mass is 283 g/mol. The minimum atomic E-state index is -0.621. The Bertz CT molecular complexity index is 391. The number of hydrogen-bond acceptors (Lipinski definition) is 5. The standard InChI is InChI=1S/C15H25NO4/c1-12-3-4-15(20-2)13(11-12)14(19)5-6-16(7-9-17)8-10-18/h3-4,11,14,17-19H,5-10H2,1-2H3. The number of hydrogen-bond donors (Lipinski definition) is 3. The molecule has 114 valence electrons. The highest BCUT2D eigenvalue weighted by molar-refractivity contribution is 5.38. The summed E-state index contributed by atoms with van der Waals surface area (Å²) in [6, 6.07) is 5.72. The van der Waals surface area contributed by atoms with E-state index in [4.69, 9.17) is 14.9 Å². The molecule has 0 saturated heterocycles. The summed E-state index contributed by atoms with van der Waals surface area (Å²) in [7, 11) is 1.59. The summed E-state index contributed by atoms with van der Waals surface area (Å²) in [4.78, 5) is 1.92. The largest absolute Gasteiger partial charge is 0.496 e. The second-order valence-electron chi connectivity index (χ2n) is 4.84. The van der Waals surface area contributed by atoms with Gasteiger partial charge in [-0.1, -0.05) is 11.6 Å². The molecule has 0 spiro atoms. The maximum absolute atomic E-state index is 10.3. The molecule has 20 heavy (non-hydrogen) atoms. The Balaban J connectivity index is 2.65. The molecule has 0 radical (unpaired) electrons. The predicted molar refractivity (Wildman–Crippen MR) is 77.9 cm³/mol. The summed E-state index contributed by atoms with van der Waals surface area (Å²) < 4.78 is 5.27. The van der Waals surface area contributed by atoms with Crippen LogP contribution in [0.15, 0.2) is 18.2 Å². The molecule has 0 saturated carbocycles. The van der Waals surface area contributed by atoms with Gasteiger partial charge in [0.25, 0.3) is 0 Å². The first kappa shape index (κ1) is 16.9. The van der Waals surface area contributed by atoms with E-state index in [-0.39, 0.29) is 13.2 Å². The van der Waals surface area contributed by atoms with Crippen molar-refractivity contribution in [2.24, 2.45) is 0 Å². The molecule has 0 aliphatic rings. The van der Waals surface area contributed by atoms with Gasteiger partial charge in [0, 0.05) is 25.2 Å². The highest BCUT2D eigenvalue weighted by Crippen LogP contribution is 2.28. The lowest BCUT2D eigenvalue weighted by atomic mass is 10.0. The topological polar surface area (TPSA) is 73.2 Å². The maximum Gasteiger partial charge on any atom is 0.124 e. The summed E-state index contributed by atoms with van der Waals surface area (Å²) in [5.41, 5.74) is 1.85. The van der Waals surface area contributed by atoms with Gasteiger partial charge < -0.3 is 20.1 Å². The Morgan fingerprint density at radius 1 is 1.15 bits per heavy atom. The van der Waals surface area contributed by atoms with Crippen molar-refractivity contribution in [2.45, 2.75) is 19.4 Å². The van der Waals surface area contributed by atoms with Gasteiger partial charge in [-0.3, -0.25) is 4.90 Å². The molecule has 1 aromatic carbocycles. The molecule has 0 bridgehead atoms. The second-order valence-corrected chi connectivity index (χ2v) is 4.84. The molecule has 1 unspecified atom stereocenters. The number of aliphatic hydroxyl groups excluding tert-OH is 3. The first-order valence-electron chi connectivity index (χ1n) is 6.89. The summed E-state index contributed by atoms with van der Waals surface area (Å²) in [5, 5.41) is 28.2. The van der Waals surface area contributed by atoms with E-state index in [9.17, 15) is 5.11 Å². The smallest absolute Gasteiger partial charge is 0.124 e. The summed E-state index contributed by atoms with van der Waals surface area (Å²) in [5.74, 6) is 0.680. The first-order chi connectivity index (χ1) is 9.62. The van der Waals surface area contributed by atoms with Crippen molar-refractivity contribution in [1.82, 2.24) is 4.90 Å². The molecule has 5 nitrogen and oxygen atoms in total. The van der Waals surface area contributed by atoms with E-state index in [0.29, 0.717) is 31.8 Å². The van der Waals surface area contributed by atoms with E-state index in [0.717, 1.165) is 11.1 Å². The number of methoxy groups -OCH3 is 1. The van der Waals surface area contributed by atoms with Gasteiger partial charge in [-0.05, 0) is 25.5 Å². The predicted octanol–water partition coefficient (Wildman–Crippen LogP) is 0.714. The molecule has 0 amide bonds. The number of aryl methyl sites for hydroxylation is 1.